The zero-order valence-corrected chi connectivity index (χ0v) is 11.4. The fourth-order valence-corrected chi connectivity index (χ4v) is 2.03. The monoisotopic (exact) mass is 302 g/mol. The topological polar surface area (TPSA) is 133 Å². The van der Waals surface area contributed by atoms with Crippen LogP contribution in [0.25, 0.3) is 0 Å². The zero-order chi connectivity index (χ0) is 15.8. The molecule has 0 spiro atoms. The summed E-state index contributed by atoms with van der Waals surface area (Å²) >= 11 is 0. The van der Waals surface area contributed by atoms with Gasteiger partial charge in [-0.15, -0.1) is 0 Å². The smallest absolute Gasteiger partial charge is 0.329 e. The first-order chi connectivity index (χ1) is 9.93. The van der Waals surface area contributed by atoms with Gasteiger partial charge < -0.3 is 25.2 Å². The highest BCUT2D eigenvalue weighted by molar-refractivity contribution is 6.35. The number of hydrogen-bond donors (Lipinski definition) is 3. The first-order valence-corrected chi connectivity index (χ1v) is 6.54. The summed E-state index contributed by atoms with van der Waals surface area (Å²) < 4.78 is 4.70. The number of carboxylic acids is 2. The van der Waals surface area contributed by atoms with Crippen molar-refractivity contribution >= 4 is 23.8 Å². The Morgan fingerprint density at radius 1 is 1.19 bits per heavy atom. The molecule has 118 valence electrons. The Kier molecular flexibility index (Phi) is 6.60. The van der Waals surface area contributed by atoms with Crippen molar-refractivity contribution in [1.29, 1.82) is 0 Å². The Balaban J connectivity index is 2.40. The first kappa shape index (κ1) is 16.9. The standard InChI is InChI=1S/C12H18N2O7/c15-9(16)7-21-6-4-13-10(17)11(18)14-5-2-1-3-8(14)12(19)20/h8H,1-7H2,(H,13,17)(H,15,16)(H,19,20)/t8-/m0/s1. The van der Waals surface area contributed by atoms with E-state index < -0.39 is 36.4 Å². The molecule has 1 aliphatic rings. The van der Waals surface area contributed by atoms with E-state index in [1.165, 1.54) is 0 Å². The van der Waals surface area contributed by atoms with Crippen LogP contribution in [0.5, 0.6) is 0 Å². The molecule has 21 heavy (non-hydrogen) atoms. The Labute approximate surface area is 120 Å². The van der Waals surface area contributed by atoms with Crippen LogP contribution in [0.2, 0.25) is 0 Å². The van der Waals surface area contributed by atoms with E-state index >= 15 is 0 Å². The number of hydrogen-bond acceptors (Lipinski definition) is 5. The molecule has 9 heteroatoms. The summed E-state index contributed by atoms with van der Waals surface area (Å²) in [7, 11) is 0. The molecule has 0 radical (unpaired) electrons. The molecule has 3 N–H and O–H groups in total. The van der Waals surface area contributed by atoms with Crippen LogP contribution < -0.4 is 5.32 Å². The van der Waals surface area contributed by atoms with Crippen molar-refractivity contribution in [3.63, 3.8) is 0 Å². The molecule has 1 aliphatic heterocycles. The van der Waals surface area contributed by atoms with Gasteiger partial charge in [0, 0.05) is 13.1 Å². The fraction of sp³-hybridized carbons (Fsp3) is 0.667. The van der Waals surface area contributed by atoms with Gasteiger partial charge in [-0.05, 0) is 19.3 Å². The maximum absolute atomic E-state index is 11.9. The lowest BCUT2D eigenvalue weighted by Gasteiger charge is -2.32. The Hall–Kier alpha value is -2.16. The van der Waals surface area contributed by atoms with Crippen molar-refractivity contribution in [2.75, 3.05) is 26.3 Å². The number of aliphatic carboxylic acids is 2. The van der Waals surface area contributed by atoms with Gasteiger partial charge in [-0.2, -0.15) is 0 Å². The Morgan fingerprint density at radius 2 is 1.90 bits per heavy atom. The molecule has 1 fully saturated rings. The second kappa shape index (κ2) is 8.20. The fourth-order valence-electron chi connectivity index (χ4n) is 2.03. The molecule has 0 bridgehead atoms. The second-order valence-corrected chi connectivity index (χ2v) is 4.55. The number of nitrogens with zero attached hydrogens (tertiary/aromatic N) is 1. The summed E-state index contributed by atoms with van der Waals surface area (Å²) in [5.41, 5.74) is 0. The van der Waals surface area contributed by atoms with Crippen LogP contribution in [-0.4, -0.2) is 71.2 Å². The van der Waals surface area contributed by atoms with Gasteiger partial charge in [0.05, 0.1) is 6.61 Å². The SMILES string of the molecule is O=C(O)COCCNC(=O)C(=O)N1CCCC[C@H]1C(=O)O. The largest absolute Gasteiger partial charge is 0.480 e. The maximum Gasteiger partial charge on any atom is 0.329 e. The molecule has 2 amide bonds. The minimum atomic E-state index is -1.13. The van der Waals surface area contributed by atoms with Crippen LogP contribution >= 0.6 is 0 Å². The number of carboxylic acid groups (broad SMARTS) is 2. The molecule has 0 aliphatic carbocycles. The van der Waals surface area contributed by atoms with E-state index in [1.807, 2.05) is 0 Å². The van der Waals surface area contributed by atoms with Gasteiger partial charge in [-0.1, -0.05) is 0 Å². The lowest BCUT2D eigenvalue weighted by Crippen LogP contribution is -2.53. The summed E-state index contributed by atoms with van der Waals surface area (Å²) in [6.07, 6.45) is 1.69. The number of nitrogens with one attached hydrogen (secondary N) is 1. The minimum absolute atomic E-state index is 0.0244. The Morgan fingerprint density at radius 3 is 2.52 bits per heavy atom. The average molecular weight is 302 g/mol. The van der Waals surface area contributed by atoms with Crippen LogP contribution in [0.1, 0.15) is 19.3 Å². The number of carbonyl (C=O) groups is 4. The molecule has 1 atom stereocenters. The molecule has 1 rings (SSSR count). The molecule has 9 nitrogen and oxygen atoms in total. The van der Waals surface area contributed by atoms with Crippen LogP contribution in [0.4, 0.5) is 0 Å². The lowest BCUT2D eigenvalue weighted by atomic mass is 10.0. The molecule has 0 aromatic carbocycles. The predicted octanol–water partition coefficient (Wildman–Crippen LogP) is -1.33. The van der Waals surface area contributed by atoms with E-state index in [2.05, 4.69) is 5.32 Å². The highest BCUT2D eigenvalue weighted by Crippen LogP contribution is 2.17. The second-order valence-electron chi connectivity index (χ2n) is 4.55. The average Bonchev–Trinajstić information content (AvgIpc) is 2.45. The van der Waals surface area contributed by atoms with Gasteiger partial charge in [0.2, 0.25) is 0 Å². The van der Waals surface area contributed by atoms with Crippen molar-refractivity contribution in [3.05, 3.63) is 0 Å². The van der Waals surface area contributed by atoms with Crippen molar-refractivity contribution in [2.24, 2.45) is 0 Å². The number of carbonyl (C=O) groups excluding carboxylic acids is 2. The summed E-state index contributed by atoms with van der Waals surface area (Å²) in [6, 6.07) is -0.972. The summed E-state index contributed by atoms with van der Waals surface area (Å²) in [5, 5.41) is 19.6. The molecule has 0 saturated carbocycles. The zero-order valence-electron chi connectivity index (χ0n) is 11.4. The van der Waals surface area contributed by atoms with E-state index in [9.17, 15) is 19.2 Å². The van der Waals surface area contributed by atoms with Gasteiger partial charge in [0.1, 0.15) is 12.6 Å². The minimum Gasteiger partial charge on any atom is -0.480 e. The van der Waals surface area contributed by atoms with Gasteiger partial charge in [-0.3, -0.25) is 9.59 Å². The van der Waals surface area contributed by atoms with Crippen LogP contribution in [0, 0.1) is 0 Å². The highest BCUT2D eigenvalue weighted by atomic mass is 16.5. The Bertz CT molecular complexity index is 424. The van der Waals surface area contributed by atoms with Crippen molar-refractivity contribution in [1.82, 2.24) is 10.2 Å². The highest BCUT2D eigenvalue weighted by Gasteiger charge is 2.34. The summed E-state index contributed by atoms with van der Waals surface area (Å²) in [6.45, 7) is -0.327. The predicted molar refractivity (Wildman–Crippen MR) is 68.5 cm³/mol. The molecule has 1 heterocycles. The summed E-state index contributed by atoms with van der Waals surface area (Å²) in [5.74, 6) is -4.06. The van der Waals surface area contributed by atoms with Crippen LogP contribution in [0.15, 0.2) is 0 Å². The van der Waals surface area contributed by atoms with E-state index in [-0.39, 0.29) is 19.7 Å². The van der Waals surface area contributed by atoms with Gasteiger partial charge in [-0.25, -0.2) is 9.59 Å². The van der Waals surface area contributed by atoms with Crippen molar-refractivity contribution in [3.8, 4) is 0 Å². The third-order valence-electron chi connectivity index (χ3n) is 3.00. The van der Waals surface area contributed by atoms with E-state index in [1.54, 1.807) is 0 Å². The van der Waals surface area contributed by atoms with E-state index in [0.717, 1.165) is 4.90 Å². The number of ether oxygens (including phenoxy) is 1. The van der Waals surface area contributed by atoms with E-state index in [0.29, 0.717) is 19.3 Å². The van der Waals surface area contributed by atoms with E-state index in [4.69, 9.17) is 14.9 Å². The maximum atomic E-state index is 11.9. The van der Waals surface area contributed by atoms with Gasteiger partial charge >= 0.3 is 23.8 Å². The van der Waals surface area contributed by atoms with Crippen molar-refractivity contribution < 1.29 is 34.1 Å². The number of piperidine rings is 1. The third-order valence-corrected chi connectivity index (χ3v) is 3.00. The number of rotatable bonds is 6. The third kappa shape index (κ3) is 5.38. The normalized spacial score (nSPS) is 18.1. The van der Waals surface area contributed by atoms with Gasteiger partial charge in [0.25, 0.3) is 0 Å². The van der Waals surface area contributed by atoms with Crippen molar-refractivity contribution in [2.45, 2.75) is 25.3 Å². The van der Waals surface area contributed by atoms with Crippen LogP contribution in [0.3, 0.4) is 0 Å². The van der Waals surface area contributed by atoms with Crippen LogP contribution in [-0.2, 0) is 23.9 Å². The molecule has 0 unspecified atom stereocenters. The quantitative estimate of drug-likeness (QED) is 0.409. The number of likely N-dealkylation sites (tertiary alicyclic amines) is 1. The first-order valence-electron chi connectivity index (χ1n) is 6.54. The summed E-state index contributed by atoms with van der Waals surface area (Å²) in [4.78, 5) is 45.8. The molecule has 1 saturated heterocycles. The van der Waals surface area contributed by atoms with Gasteiger partial charge in [0.15, 0.2) is 0 Å². The molecule has 0 aromatic heterocycles. The molecule has 0 aromatic rings. The number of amides is 2. The molecular weight excluding hydrogens is 284 g/mol. The molecular formula is C12H18N2O7. The lowest BCUT2D eigenvalue weighted by molar-refractivity contribution is -0.156.